The molecule has 44 heavy (non-hydrogen) atoms. The number of nitrogens with zero attached hydrogens (tertiary/aromatic N) is 4. The zero-order valence-electron chi connectivity index (χ0n) is 22.5. The van der Waals surface area contributed by atoms with Crippen LogP contribution in [0.2, 0.25) is 0 Å². The van der Waals surface area contributed by atoms with Gasteiger partial charge in [-0.3, -0.25) is 14.5 Å². The lowest BCUT2D eigenvalue weighted by Gasteiger charge is -2.49. The molecule has 16 heteroatoms. The molecule has 5 heterocycles. The molecule has 0 spiro atoms. The van der Waals surface area contributed by atoms with Gasteiger partial charge < -0.3 is 30.5 Å². The van der Waals surface area contributed by atoms with Gasteiger partial charge in [-0.05, 0) is 24.3 Å². The first-order chi connectivity index (χ1) is 21.2. The molecular formula is C28H23N6O8S2+. The Morgan fingerprint density at radius 1 is 1.20 bits per heavy atom. The number of hydrogen-bond donors (Lipinski definition) is 4. The van der Waals surface area contributed by atoms with Crippen molar-refractivity contribution >= 4 is 68.6 Å². The highest BCUT2D eigenvalue weighted by Crippen LogP contribution is 2.40. The van der Waals surface area contributed by atoms with Gasteiger partial charge in [0.2, 0.25) is 5.52 Å². The lowest BCUT2D eigenvalue weighted by Crippen LogP contribution is -2.71. The second-order valence-corrected chi connectivity index (χ2v) is 11.7. The van der Waals surface area contributed by atoms with Gasteiger partial charge >= 0.3 is 11.9 Å². The summed E-state index contributed by atoms with van der Waals surface area (Å²) in [5.74, 6) is -3.95. The molecule has 0 radical (unpaired) electrons. The number of amides is 2. The molecule has 0 saturated carbocycles. The van der Waals surface area contributed by atoms with E-state index in [1.165, 1.54) is 40.4 Å². The third kappa shape index (κ3) is 5.35. The van der Waals surface area contributed by atoms with E-state index in [9.17, 15) is 29.4 Å². The van der Waals surface area contributed by atoms with Crippen molar-refractivity contribution < 1.29 is 43.2 Å². The van der Waals surface area contributed by atoms with Crippen LogP contribution in [-0.4, -0.2) is 66.7 Å². The fraction of sp³-hybridized carbons (Fsp3) is 0.179. The van der Waals surface area contributed by atoms with Crippen LogP contribution in [0.25, 0.3) is 10.9 Å². The molecule has 2 amide bonds. The van der Waals surface area contributed by atoms with E-state index in [2.05, 4.69) is 15.5 Å². The summed E-state index contributed by atoms with van der Waals surface area (Å²) < 4.78 is 7.03. The number of furan rings is 1. The highest BCUT2D eigenvalue weighted by Gasteiger charge is 2.55. The number of anilines is 1. The summed E-state index contributed by atoms with van der Waals surface area (Å²) >= 11 is 2.33. The van der Waals surface area contributed by atoms with Crippen LogP contribution >= 0.6 is 23.1 Å². The average molecular weight is 636 g/mol. The number of β-lactam (4-membered cyclic amide) rings is 1. The normalized spacial score (nSPS) is 18.9. The van der Waals surface area contributed by atoms with Crippen molar-refractivity contribution in [1.82, 2.24) is 15.2 Å². The molecule has 224 valence electrons. The molecule has 1 saturated heterocycles. The summed E-state index contributed by atoms with van der Waals surface area (Å²) in [5, 5.41) is 27.9. The van der Waals surface area contributed by atoms with Crippen LogP contribution < -0.4 is 15.6 Å². The van der Waals surface area contributed by atoms with E-state index in [0.717, 1.165) is 22.2 Å². The van der Waals surface area contributed by atoms with Crippen LogP contribution in [0.3, 0.4) is 0 Å². The van der Waals surface area contributed by atoms with Gasteiger partial charge in [-0.15, -0.1) is 23.1 Å². The fourth-order valence-electron chi connectivity index (χ4n) is 4.94. The molecule has 1 aromatic carbocycles. The number of aromatic nitrogens is 2. The molecule has 5 N–H and O–H groups in total. The fourth-order valence-corrected chi connectivity index (χ4v) is 6.83. The lowest BCUT2D eigenvalue weighted by molar-refractivity contribution is -0.663. The summed E-state index contributed by atoms with van der Waals surface area (Å²) in [7, 11) is 0. The Morgan fingerprint density at radius 3 is 2.70 bits per heavy atom. The number of oxime groups is 1. The monoisotopic (exact) mass is 635 g/mol. The van der Waals surface area contributed by atoms with Crippen LogP contribution in [-0.2, 0) is 30.6 Å². The number of thioether (sulfide) groups is 1. The summed E-state index contributed by atoms with van der Waals surface area (Å²) in [4.78, 5) is 61.3. The quantitative estimate of drug-likeness (QED) is 0.0856. The number of nitrogen functional groups attached to an aromatic ring is 1. The van der Waals surface area contributed by atoms with Gasteiger partial charge in [-0.25, -0.2) is 14.6 Å². The van der Waals surface area contributed by atoms with Gasteiger partial charge in [0.25, 0.3) is 17.9 Å². The third-order valence-electron chi connectivity index (χ3n) is 6.94. The average Bonchev–Trinajstić information content (AvgIpc) is 3.70. The standard InChI is InChI=1S/C28H22N6O8S2/c29-28-30-16(13-44-28)19(32-42-22(27(39)40)18-8-4-10-41-18)23(35)31-20-24(36)34-21(26(37)38)15(12-43-25(20)34)11-33-9-3-6-14-5-1-2-7-17(14)33/h1-10,13,20,22,25H,11-12H2,(H4-,29,30,31,35,37,38,39,40)/p+1/b32-19-/t20-,22+,25+/m1/s1. The highest BCUT2D eigenvalue weighted by molar-refractivity contribution is 8.00. The van der Waals surface area contributed by atoms with E-state index < -0.39 is 47.0 Å². The molecule has 2 aliphatic rings. The minimum absolute atomic E-state index is 0.00553. The van der Waals surface area contributed by atoms with Crippen molar-refractivity contribution in [3.8, 4) is 0 Å². The van der Waals surface area contributed by atoms with E-state index in [1.54, 1.807) is 0 Å². The number of nitrogens with two attached hydrogens (primary N) is 1. The van der Waals surface area contributed by atoms with Crippen LogP contribution in [0.5, 0.6) is 0 Å². The summed E-state index contributed by atoms with van der Waals surface area (Å²) in [6, 6.07) is 13.3. The number of carboxylic acid groups (broad SMARTS) is 2. The molecule has 14 nitrogen and oxygen atoms in total. The summed E-state index contributed by atoms with van der Waals surface area (Å²) in [5.41, 5.74) is 6.63. The summed E-state index contributed by atoms with van der Waals surface area (Å²) in [6.45, 7) is 0.253. The number of benzene rings is 1. The minimum Gasteiger partial charge on any atom is -0.478 e. The van der Waals surface area contributed by atoms with Gasteiger partial charge in [-0.2, -0.15) is 4.57 Å². The van der Waals surface area contributed by atoms with Crippen molar-refractivity contribution in [3.05, 3.63) is 89.1 Å². The van der Waals surface area contributed by atoms with E-state index in [0.29, 0.717) is 11.3 Å². The third-order valence-corrected chi connectivity index (χ3v) is 8.95. The van der Waals surface area contributed by atoms with E-state index in [1.807, 2.05) is 47.2 Å². The maximum atomic E-state index is 13.4. The predicted octanol–water partition coefficient (Wildman–Crippen LogP) is 1.74. The molecule has 1 fully saturated rings. The molecule has 4 aromatic rings. The maximum Gasteiger partial charge on any atom is 0.355 e. The zero-order chi connectivity index (χ0) is 31.0. The Bertz CT molecular complexity index is 1850. The van der Waals surface area contributed by atoms with Gasteiger partial charge in [0.05, 0.1) is 6.26 Å². The molecule has 0 aliphatic carbocycles. The number of hydrogen-bond acceptors (Lipinski definition) is 11. The highest BCUT2D eigenvalue weighted by atomic mass is 32.2. The van der Waals surface area contributed by atoms with Gasteiger partial charge in [0, 0.05) is 34.2 Å². The van der Waals surface area contributed by atoms with E-state index in [4.69, 9.17) is 15.0 Å². The van der Waals surface area contributed by atoms with Gasteiger partial charge in [0.1, 0.15) is 22.8 Å². The van der Waals surface area contributed by atoms with E-state index >= 15 is 0 Å². The first-order valence-electron chi connectivity index (χ1n) is 13.0. The van der Waals surface area contributed by atoms with Gasteiger partial charge in [-0.1, -0.05) is 17.3 Å². The Balaban J connectivity index is 1.24. The second-order valence-electron chi connectivity index (χ2n) is 9.66. The number of pyridine rings is 1. The number of thiazole rings is 1. The smallest absolute Gasteiger partial charge is 0.355 e. The molecule has 2 aliphatic heterocycles. The topological polar surface area (TPSA) is 202 Å². The summed E-state index contributed by atoms with van der Waals surface area (Å²) in [6.07, 6.45) is 1.44. The van der Waals surface area contributed by atoms with Crippen molar-refractivity contribution in [2.45, 2.75) is 24.1 Å². The number of nitrogens with one attached hydrogen (secondary N) is 1. The second kappa shape index (κ2) is 11.8. The van der Waals surface area contributed by atoms with E-state index in [-0.39, 0.29) is 28.8 Å². The Labute approximate surface area is 256 Å². The maximum absolute atomic E-state index is 13.4. The van der Waals surface area contributed by atoms with Crippen molar-refractivity contribution in [2.75, 3.05) is 11.5 Å². The number of rotatable bonds is 10. The van der Waals surface area contributed by atoms with Crippen molar-refractivity contribution in [3.63, 3.8) is 0 Å². The first kappa shape index (κ1) is 28.9. The lowest BCUT2D eigenvalue weighted by atomic mass is 10.0. The number of fused-ring (bicyclic) bond motifs is 2. The molecule has 0 bridgehead atoms. The van der Waals surface area contributed by atoms with Gasteiger partial charge in [0.15, 0.2) is 29.3 Å². The largest absolute Gasteiger partial charge is 0.478 e. The van der Waals surface area contributed by atoms with Crippen LogP contribution in [0.15, 0.2) is 87.2 Å². The van der Waals surface area contributed by atoms with Crippen molar-refractivity contribution in [2.24, 2.45) is 5.16 Å². The molecule has 0 unspecified atom stereocenters. The minimum atomic E-state index is -1.67. The van der Waals surface area contributed by atoms with Crippen LogP contribution in [0.1, 0.15) is 17.6 Å². The Morgan fingerprint density at radius 2 is 2.00 bits per heavy atom. The SMILES string of the molecule is Nc1nc(/C(=N/O[C@H](C(=O)O)c2ccco2)C(=O)N[C@@H]2C(=O)N3C(C(=O)O)=C(C[n+]4cccc5ccccc54)CS[C@@H]23)cs1. The van der Waals surface area contributed by atoms with Crippen LogP contribution in [0.4, 0.5) is 5.13 Å². The predicted molar refractivity (Wildman–Crippen MR) is 157 cm³/mol. The molecule has 3 aromatic heterocycles. The Hall–Kier alpha value is -5.22. The first-order valence-corrected chi connectivity index (χ1v) is 14.9. The molecular weight excluding hydrogens is 612 g/mol. The Kier molecular flexibility index (Phi) is 7.75. The van der Waals surface area contributed by atoms with Crippen molar-refractivity contribution in [1.29, 1.82) is 0 Å². The number of aliphatic carboxylic acids is 2. The molecule has 3 atom stereocenters. The van der Waals surface area contributed by atoms with Crippen LogP contribution in [0, 0.1) is 0 Å². The number of carboxylic acids is 2. The zero-order valence-corrected chi connectivity index (χ0v) is 24.2. The number of carbonyl (C=O) groups excluding carboxylic acids is 2. The number of carbonyl (C=O) groups is 4. The molecule has 6 rings (SSSR count). The number of para-hydroxylation sites is 1.